The Bertz CT molecular complexity index is 726. The molecule has 2 atom stereocenters. The number of hydrogen-bond acceptors (Lipinski definition) is 4. The van der Waals surface area contributed by atoms with Crippen molar-refractivity contribution >= 4 is 17.4 Å². The Morgan fingerprint density at radius 1 is 1.35 bits per heavy atom. The number of nitrogens with zero attached hydrogens (tertiary/aromatic N) is 2. The summed E-state index contributed by atoms with van der Waals surface area (Å²) >= 11 is 5.96. The first-order valence-corrected chi connectivity index (χ1v) is 8.04. The zero-order valence-corrected chi connectivity index (χ0v) is 13.4. The number of anilines is 1. The van der Waals surface area contributed by atoms with Gasteiger partial charge in [-0.05, 0) is 43.5 Å². The van der Waals surface area contributed by atoms with E-state index in [1.165, 1.54) is 6.33 Å². The van der Waals surface area contributed by atoms with E-state index >= 15 is 0 Å². The van der Waals surface area contributed by atoms with Gasteiger partial charge in [0.25, 0.3) is 0 Å². The van der Waals surface area contributed by atoms with E-state index in [9.17, 15) is 5.11 Å². The maximum atomic E-state index is 10.8. The number of aliphatic hydroxyl groups is 1. The smallest absolute Gasteiger partial charge is 0.129 e. The second-order valence-electron chi connectivity index (χ2n) is 5.82. The van der Waals surface area contributed by atoms with Crippen LogP contribution < -0.4 is 5.32 Å². The monoisotopic (exact) mass is 327 g/mol. The average molecular weight is 328 g/mol. The van der Waals surface area contributed by atoms with Crippen molar-refractivity contribution in [3.63, 3.8) is 0 Å². The number of aromatic nitrogens is 2. The van der Waals surface area contributed by atoms with E-state index in [1.807, 2.05) is 24.3 Å². The largest absolute Gasteiger partial charge is 0.378 e. The van der Waals surface area contributed by atoms with E-state index in [2.05, 4.69) is 27.1 Å². The third-order valence-electron chi connectivity index (χ3n) is 3.93. The molecule has 0 aliphatic heterocycles. The van der Waals surface area contributed by atoms with E-state index in [0.717, 1.165) is 24.2 Å². The van der Waals surface area contributed by atoms with Crippen molar-refractivity contribution in [2.45, 2.75) is 37.3 Å². The summed E-state index contributed by atoms with van der Waals surface area (Å²) in [6.07, 6.45) is 6.38. The molecule has 1 aromatic carbocycles. The van der Waals surface area contributed by atoms with Crippen LogP contribution in [-0.4, -0.2) is 26.7 Å². The predicted octanol–water partition coefficient (Wildman–Crippen LogP) is 3.27. The Morgan fingerprint density at radius 3 is 3.04 bits per heavy atom. The van der Waals surface area contributed by atoms with Crippen molar-refractivity contribution in [3.8, 4) is 11.8 Å². The third kappa shape index (κ3) is 4.44. The summed E-state index contributed by atoms with van der Waals surface area (Å²) in [4.78, 5) is 8.07. The van der Waals surface area contributed by atoms with Gasteiger partial charge in [-0.25, -0.2) is 9.97 Å². The minimum Gasteiger partial charge on any atom is -0.378 e. The molecule has 0 amide bonds. The molecule has 0 unspecified atom stereocenters. The van der Waals surface area contributed by atoms with Crippen LogP contribution in [-0.2, 0) is 0 Å². The van der Waals surface area contributed by atoms with Crippen LogP contribution in [0, 0.1) is 11.8 Å². The summed E-state index contributed by atoms with van der Waals surface area (Å²) in [7, 11) is 0. The first kappa shape index (κ1) is 15.8. The van der Waals surface area contributed by atoms with Gasteiger partial charge in [-0.2, -0.15) is 0 Å². The van der Waals surface area contributed by atoms with Gasteiger partial charge < -0.3 is 10.4 Å². The van der Waals surface area contributed by atoms with Crippen molar-refractivity contribution in [2.24, 2.45) is 0 Å². The lowest BCUT2D eigenvalue weighted by molar-refractivity contribution is 0.0561. The van der Waals surface area contributed by atoms with Gasteiger partial charge >= 0.3 is 0 Å². The van der Waals surface area contributed by atoms with Gasteiger partial charge in [0.2, 0.25) is 0 Å². The SMILES string of the molecule is O[C@]1(C#Cc2cccc(Cl)c2)CCC[C@@H](Nc2ccncn2)C1. The average Bonchev–Trinajstić information content (AvgIpc) is 2.54. The normalized spacial score (nSPS) is 23.7. The summed E-state index contributed by atoms with van der Waals surface area (Å²) in [5, 5.41) is 14.8. The number of halogens is 1. The second-order valence-corrected chi connectivity index (χ2v) is 6.26. The molecule has 4 nitrogen and oxygen atoms in total. The van der Waals surface area contributed by atoms with Crippen LogP contribution in [0.25, 0.3) is 0 Å². The Hall–Kier alpha value is -2.09. The van der Waals surface area contributed by atoms with E-state index in [1.54, 1.807) is 12.3 Å². The quantitative estimate of drug-likeness (QED) is 0.831. The fourth-order valence-electron chi connectivity index (χ4n) is 2.83. The lowest BCUT2D eigenvalue weighted by Gasteiger charge is -2.33. The summed E-state index contributed by atoms with van der Waals surface area (Å²) < 4.78 is 0. The van der Waals surface area contributed by atoms with Gasteiger partial charge in [-0.1, -0.05) is 29.5 Å². The molecule has 1 saturated carbocycles. The van der Waals surface area contributed by atoms with Gasteiger partial charge in [0, 0.05) is 29.2 Å². The van der Waals surface area contributed by atoms with Crippen molar-refractivity contribution in [2.75, 3.05) is 5.32 Å². The fourth-order valence-corrected chi connectivity index (χ4v) is 3.02. The Morgan fingerprint density at radius 2 is 2.26 bits per heavy atom. The first-order chi connectivity index (χ1) is 11.1. The third-order valence-corrected chi connectivity index (χ3v) is 4.16. The molecule has 23 heavy (non-hydrogen) atoms. The van der Waals surface area contributed by atoms with Crippen LogP contribution in [0.2, 0.25) is 5.02 Å². The Labute approximate surface area is 140 Å². The molecule has 2 aromatic rings. The lowest BCUT2D eigenvalue weighted by atomic mass is 9.82. The van der Waals surface area contributed by atoms with Crippen molar-refractivity contribution in [3.05, 3.63) is 53.4 Å². The topological polar surface area (TPSA) is 58.0 Å². The highest BCUT2D eigenvalue weighted by atomic mass is 35.5. The molecule has 5 heteroatoms. The maximum absolute atomic E-state index is 10.8. The minimum atomic E-state index is -0.981. The van der Waals surface area contributed by atoms with Crippen molar-refractivity contribution in [1.82, 2.24) is 9.97 Å². The summed E-state index contributed by atoms with van der Waals surface area (Å²) in [6.45, 7) is 0. The predicted molar refractivity (Wildman–Crippen MR) is 91.2 cm³/mol. The summed E-state index contributed by atoms with van der Waals surface area (Å²) in [6, 6.07) is 9.34. The van der Waals surface area contributed by atoms with Crippen LogP contribution in [0.1, 0.15) is 31.2 Å². The number of nitrogens with one attached hydrogen (secondary N) is 1. The van der Waals surface area contributed by atoms with Crippen molar-refractivity contribution < 1.29 is 5.11 Å². The molecular formula is C18H18ClN3O. The van der Waals surface area contributed by atoms with E-state index in [4.69, 9.17) is 11.6 Å². The molecule has 1 aliphatic carbocycles. The zero-order chi connectivity index (χ0) is 16.1. The number of benzene rings is 1. The minimum absolute atomic E-state index is 0.150. The van der Waals surface area contributed by atoms with Crippen LogP contribution in [0.5, 0.6) is 0 Å². The van der Waals surface area contributed by atoms with Gasteiger partial charge in [0.1, 0.15) is 17.7 Å². The Kier molecular flexibility index (Phi) is 4.80. The maximum Gasteiger partial charge on any atom is 0.129 e. The molecule has 0 saturated heterocycles. The van der Waals surface area contributed by atoms with Gasteiger partial charge in [-0.3, -0.25) is 0 Å². The molecule has 3 rings (SSSR count). The van der Waals surface area contributed by atoms with Crippen LogP contribution in [0.15, 0.2) is 42.9 Å². The molecule has 1 aliphatic rings. The molecule has 0 spiro atoms. The standard InChI is InChI=1S/C18H18ClN3O/c19-15-4-1-3-14(11-15)6-9-18(23)8-2-5-16(12-18)22-17-7-10-20-13-21-17/h1,3-4,7,10-11,13,16,23H,2,5,8,12H2,(H,20,21,22)/t16-,18+/m1/s1. The van der Waals surface area contributed by atoms with E-state index < -0.39 is 5.60 Å². The molecule has 0 bridgehead atoms. The number of rotatable bonds is 2. The second kappa shape index (κ2) is 6.99. The van der Waals surface area contributed by atoms with Gasteiger partial charge in [0.15, 0.2) is 0 Å². The van der Waals surface area contributed by atoms with Crippen LogP contribution in [0.4, 0.5) is 5.82 Å². The van der Waals surface area contributed by atoms with Gasteiger partial charge in [-0.15, -0.1) is 0 Å². The summed E-state index contributed by atoms with van der Waals surface area (Å²) in [5.41, 5.74) is -0.164. The van der Waals surface area contributed by atoms with Crippen LogP contribution >= 0.6 is 11.6 Å². The highest BCUT2D eigenvalue weighted by Gasteiger charge is 2.32. The van der Waals surface area contributed by atoms with E-state index in [-0.39, 0.29) is 6.04 Å². The van der Waals surface area contributed by atoms with Gasteiger partial charge in [0.05, 0.1) is 0 Å². The fraction of sp³-hybridized carbons (Fsp3) is 0.333. The number of hydrogen-bond donors (Lipinski definition) is 2. The molecule has 1 fully saturated rings. The summed E-state index contributed by atoms with van der Waals surface area (Å²) in [5.74, 6) is 6.85. The van der Waals surface area contributed by atoms with Crippen LogP contribution in [0.3, 0.4) is 0 Å². The Balaban J connectivity index is 1.69. The molecule has 1 heterocycles. The molecular weight excluding hydrogens is 310 g/mol. The first-order valence-electron chi connectivity index (χ1n) is 7.67. The highest BCUT2D eigenvalue weighted by molar-refractivity contribution is 6.30. The lowest BCUT2D eigenvalue weighted by Crippen LogP contribution is -2.39. The molecule has 2 N–H and O–H groups in total. The van der Waals surface area contributed by atoms with E-state index in [0.29, 0.717) is 17.9 Å². The zero-order valence-electron chi connectivity index (χ0n) is 12.7. The van der Waals surface area contributed by atoms with Crippen molar-refractivity contribution in [1.29, 1.82) is 0 Å². The molecule has 0 radical (unpaired) electrons. The molecule has 1 aromatic heterocycles. The molecule has 118 valence electrons. The highest BCUT2D eigenvalue weighted by Crippen LogP contribution is 2.29.